The number of rotatable bonds is 5. The summed E-state index contributed by atoms with van der Waals surface area (Å²) in [6, 6.07) is 7.84. The highest BCUT2D eigenvalue weighted by Crippen LogP contribution is 2.23. The van der Waals surface area contributed by atoms with Crippen LogP contribution in [0.2, 0.25) is 0 Å². The van der Waals surface area contributed by atoms with Crippen LogP contribution in [0.5, 0.6) is 11.5 Å². The van der Waals surface area contributed by atoms with E-state index in [1.165, 1.54) is 24.3 Å². The van der Waals surface area contributed by atoms with Crippen LogP contribution in [0.15, 0.2) is 47.4 Å². The van der Waals surface area contributed by atoms with Crippen molar-refractivity contribution in [2.45, 2.75) is 11.8 Å². The number of halogens is 2. The second-order valence-electron chi connectivity index (χ2n) is 4.02. The van der Waals surface area contributed by atoms with Gasteiger partial charge in [0.05, 0.1) is 6.61 Å². The molecule has 0 unspecified atom stereocenters. The number of hydrogen-bond donors (Lipinski definition) is 0. The molecule has 0 aliphatic rings. The molecule has 0 bridgehead atoms. The highest BCUT2D eigenvalue weighted by Gasteiger charge is 2.19. The molecule has 0 heterocycles. The van der Waals surface area contributed by atoms with Gasteiger partial charge in [0.15, 0.2) is 11.6 Å². The fraction of sp³-hybridized carbons (Fsp3) is 0.143. The van der Waals surface area contributed by atoms with Gasteiger partial charge in [-0.15, -0.1) is 0 Å². The maximum Gasteiger partial charge on any atom is 0.339 e. The van der Waals surface area contributed by atoms with Crippen molar-refractivity contribution in [1.82, 2.24) is 0 Å². The molecule has 0 aromatic heterocycles. The average Bonchev–Trinajstić information content (AvgIpc) is 2.43. The first kappa shape index (κ1) is 15.2. The third-order valence-electron chi connectivity index (χ3n) is 2.52. The lowest BCUT2D eigenvalue weighted by Crippen LogP contribution is -2.10. The van der Waals surface area contributed by atoms with Crippen LogP contribution in [0, 0.1) is 11.6 Å². The molecule has 0 amide bonds. The van der Waals surface area contributed by atoms with Crippen LogP contribution < -0.4 is 8.92 Å². The molecule has 21 heavy (non-hydrogen) atoms. The van der Waals surface area contributed by atoms with E-state index < -0.39 is 27.5 Å². The van der Waals surface area contributed by atoms with Gasteiger partial charge < -0.3 is 8.92 Å². The molecule has 0 aliphatic carbocycles. The van der Waals surface area contributed by atoms with Gasteiger partial charge in [-0.1, -0.05) is 0 Å². The van der Waals surface area contributed by atoms with Gasteiger partial charge in [-0.3, -0.25) is 0 Å². The van der Waals surface area contributed by atoms with Crippen molar-refractivity contribution in [1.29, 1.82) is 0 Å². The molecule has 0 atom stereocenters. The zero-order chi connectivity index (χ0) is 15.5. The summed E-state index contributed by atoms with van der Waals surface area (Å²) in [5.41, 5.74) is 0. The first-order chi connectivity index (χ1) is 9.92. The summed E-state index contributed by atoms with van der Waals surface area (Å²) in [5, 5.41) is 0. The molecule has 0 radical (unpaired) electrons. The van der Waals surface area contributed by atoms with Crippen LogP contribution in [-0.4, -0.2) is 15.0 Å². The first-order valence-corrected chi connectivity index (χ1v) is 7.45. The van der Waals surface area contributed by atoms with Gasteiger partial charge >= 0.3 is 10.1 Å². The Balaban J connectivity index is 2.25. The van der Waals surface area contributed by atoms with E-state index >= 15 is 0 Å². The summed E-state index contributed by atoms with van der Waals surface area (Å²) in [4.78, 5) is -0.158. The largest absolute Gasteiger partial charge is 0.494 e. The van der Waals surface area contributed by atoms with Gasteiger partial charge in [0.1, 0.15) is 16.5 Å². The van der Waals surface area contributed by atoms with Crippen LogP contribution in [0.25, 0.3) is 0 Å². The molecule has 2 aromatic rings. The van der Waals surface area contributed by atoms with E-state index in [1.807, 2.05) is 0 Å². The monoisotopic (exact) mass is 314 g/mol. The van der Waals surface area contributed by atoms with Gasteiger partial charge in [-0.05, 0) is 43.3 Å². The molecular formula is C14H12F2O4S. The van der Waals surface area contributed by atoms with E-state index in [-0.39, 0.29) is 4.90 Å². The number of benzene rings is 2. The van der Waals surface area contributed by atoms with Crippen molar-refractivity contribution in [2.75, 3.05) is 6.61 Å². The van der Waals surface area contributed by atoms with Crippen molar-refractivity contribution >= 4 is 10.1 Å². The van der Waals surface area contributed by atoms with Crippen LogP contribution in [-0.2, 0) is 10.1 Å². The Labute approximate surface area is 121 Å². The molecule has 0 spiro atoms. The van der Waals surface area contributed by atoms with Crippen molar-refractivity contribution < 1.29 is 26.1 Å². The maximum absolute atomic E-state index is 13.4. The predicted molar refractivity (Wildman–Crippen MR) is 71.8 cm³/mol. The minimum atomic E-state index is -4.20. The van der Waals surface area contributed by atoms with Gasteiger partial charge in [-0.2, -0.15) is 8.42 Å². The Morgan fingerprint density at radius 3 is 2.29 bits per heavy atom. The molecule has 0 aliphatic heterocycles. The zero-order valence-corrected chi connectivity index (χ0v) is 11.9. The predicted octanol–water partition coefficient (Wildman–Crippen LogP) is 3.13. The van der Waals surface area contributed by atoms with E-state index in [0.29, 0.717) is 18.4 Å². The molecule has 0 fully saturated rings. The van der Waals surface area contributed by atoms with Gasteiger partial charge in [0, 0.05) is 6.07 Å². The van der Waals surface area contributed by atoms with Crippen molar-refractivity contribution in [3.8, 4) is 11.5 Å². The maximum atomic E-state index is 13.4. The normalized spacial score (nSPS) is 11.2. The van der Waals surface area contributed by atoms with E-state index in [0.717, 1.165) is 12.1 Å². The summed E-state index contributed by atoms with van der Waals surface area (Å²) in [6.07, 6.45) is 0. The summed E-state index contributed by atoms with van der Waals surface area (Å²) in [6.45, 7) is 2.24. The molecular weight excluding hydrogens is 302 g/mol. The summed E-state index contributed by atoms with van der Waals surface area (Å²) < 4.78 is 60.0. The van der Waals surface area contributed by atoms with Gasteiger partial charge in [0.25, 0.3) is 0 Å². The number of hydrogen-bond acceptors (Lipinski definition) is 4. The summed E-state index contributed by atoms with van der Waals surface area (Å²) in [5.74, 6) is -1.97. The second kappa shape index (κ2) is 6.09. The highest BCUT2D eigenvalue weighted by atomic mass is 32.2. The quantitative estimate of drug-likeness (QED) is 0.796. The van der Waals surface area contributed by atoms with Crippen LogP contribution in [0.1, 0.15) is 6.92 Å². The molecule has 0 saturated heterocycles. The van der Waals surface area contributed by atoms with E-state index in [2.05, 4.69) is 4.18 Å². The Kier molecular flexibility index (Phi) is 4.42. The summed E-state index contributed by atoms with van der Waals surface area (Å²) >= 11 is 0. The van der Waals surface area contributed by atoms with Gasteiger partial charge in [-0.25, -0.2) is 8.78 Å². The average molecular weight is 314 g/mol. The molecule has 0 N–H and O–H groups in total. The molecule has 7 heteroatoms. The van der Waals surface area contributed by atoms with Gasteiger partial charge in [0.2, 0.25) is 0 Å². The fourth-order valence-corrected chi connectivity index (χ4v) is 2.52. The highest BCUT2D eigenvalue weighted by molar-refractivity contribution is 7.87. The minimum absolute atomic E-state index is 0.158. The number of ether oxygens (including phenoxy) is 1. The van der Waals surface area contributed by atoms with E-state index in [9.17, 15) is 17.2 Å². The molecule has 0 saturated carbocycles. The lowest BCUT2D eigenvalue weighted by Gasteiger charge is -2.08. The Morgan fingerprint density at radius 2 is 1.71 bits per heavy atom. The van der Waals surface area contributed by atoms with E-state index in [4.69, 9.17) is 4.74 Å². The lowest BCUT2D eigenvalue weighted by molar-refractivity contribution is 0.340. The topological polar surface area (TPSA) is 52.6 Å². The third kappa shape index (κ3) is 3.69. The zero-order valence-electron chi connectivity index (χ0n) is 11.0. The molecule has 2 rings (SSSR count). The van der Waals surface area contributed by atoms with E-state index in [1.54, 1.807) is 6.92 Å². The van der Waals surface area contributed by atoms with Crippen LogP contribution in [0.3, 0.4) is 0 Å². The minimum Gasteiger partial charge on any atom is -0.494 e. The van der Waals surface area contributed by atoms with Crippen LogP contribution >= 0.6 is 0 Å². The Hall–Kier alpha value is -2.15. The van der Waals surface area contributed by atoms with Crippen molar-refractivity contribution in [2.24, 2.45) is 0 Å². The fourth-order valence-electron chi connectivity index (χ4n) is 1.58. The standard InChI is InChI=1S/C14H12F2O4S/c1-2-19-11-4-6-12(7-5-11)21(17,18)20-14-8-3-10(15)9-13(14)16/h3-9H,2H2,1H3. The first-order valence-electron chi connectivity index (χ1n) is 6.05. The Morgan fingerprint density at radius 1 is 1.05 bits per heavy atom. The van der Waals surface area contributed by atoms with Crippen molar-refractivity contribution in [3.05, 3.63) is 54.1 Å². The molecule has 4 nitrogen and oxygen atoms in total. The second-order valence-corrected chi connectivity index (χ2v) is 5.56. The molecule has 2 aromatic carbocycles. The summed E-state index contributed by atoms with van der Waals surface area (Å²) in [7, 11) is -4.20. The lowest BCUT2D eigenvalue weighted by atomic mass is 10.3. The molecule has 112 valence electrons. The third-order valence-corrected chi connectivity index (χ3v) is 3.77. The SMILES string of the molecule is CCOc1ccc(S(=O)(=O)Oc2ccc(F)cc2F)cc1. The van der Waals surface area contributed by atoms with Crippen LogP contribution in [0.4, 0.5) is 8.78 Å². The van der Waals surface area contributed by atoms with Crippen molar-refractivity contribution in [3.63, 3.8) is 0 Å². The Bertz CT molecular complexity index is 727. The smallest absolute Gasteiger partial charge is 0.339 e.